The number of nitrogens with zero attached hydrogens (tertiary/aromatic N) is 4. The number of fused-ring (bicyclic) bond motifs is 1. The molecule has 0 saturated heterocycles. The lowest BCUT2D eigenvalue weighted by molar-refractivity contribution is -0.123. The lowest BCUT2D eigenvalue weighted by atomic mass is 9.91. The van der Waals surface area contributed by atoms with Crippen LogP contribution in [0.5, 0.6) is 0 Å². The predicted molar refractivity (Wildman–Crippen MR) is 146 cm³/mol. The van der Waals surface area contributed by atoms with Crippen molar-refractivity contribution in [1.29, 1.82) is 0 Å². The second-order valence-corrected chi connectivity index (χ2v) is 10.3. The van der Waals surface area contributed by atoms with Gasteiger partial charge >= 0.3 is 0 Å². The Labute approximate surface area is 225 Å². The monoisotopic (exact) mass is 538 g/mol. The van der Waals surface area contributed by atoms with Gasteiger partial charge in [0, 0.05) is 30.4 Å². The van der Waals surface area contributed by atoms with Gasteiger partial charge in [-0.25, -0.2) is 13.9 Å². The molecular formula is C26H35FN10O2. The fraction of sp³-hybridized carbons (Fsp3) is 0.500. The van der Waals surface area contributed by atoms with Crippen molar-refractivity contribution in [3.05, 3.63) is 42.2 Å². The fourth-order valence-corrected chi connectivity index (χ4v) is 4.78. The van der Waals surface area contributed by atoms with Crippen LogP contribution in [0.15, 0.2) is 30.7 Å². The highest BCUT2D eigenvalue weighted by atomic mass is 19.1. The van der Waals surface area contributed by atoms with E-state index in [1.165, 1.54) is 23.0 Å². The Morgan fingerprint density at radius 1 is 1.05 bits per heavy atom. The Bertz CT molecular complexity index is 1320. The van der Waals surface area contributed by atoms with Gasteiger partial charge in [0.1, 0.15) is 5.82 Å². The van der Waals surface area contributed by atoms with Crippen LogP contribution in [0, 0.1) is 5.82 Å². The van der Waals surface area contributed by atoms with Crippen LogP contribution in [0.3, 0.4) is 0 Å². The molecule has 12 nitrogen and oxygen atoms in total. The third-order valence-electron chi connectivity index (χ3n) is 7.14. The molecule has 0 unspecified atom stereocenters. The lowest BCUT2D eigenvalue weighted by Gasteiger charge is -2.30. The van der Waals surface area contributed by atoms with Crippen LogP contribution in [0.4, 0.5) is 21.6 Å². The Morgan fingerprint density at radius 2 is 1.77 bits per heavy atom. The highest BCUT2D eigenvalue weighted by molar-refractivity contribution is 6.03. The number of imidazole rings is 1. The van der Waals surface area contributed by atoms with Crippen molar-refractivity contribution >= 4 is 34.7 Å². The molecule has 39 heavy (non-hydrogen) atoms. The van der Waals surface area contributed by atoms with Gasteiger partial charge in [0.05, 0.1) is 29.8 Å². The quantitative estimate of drug-likeness (QED) is 0.213. The number of nitrogens with one attached hydrogen (secondary N) is 4. The molecule has 3 heterocycles. The summed E-state index contributed by atoms with van der Waals surface area (Å²) in [5.41, 5.74) is 13.0. The van der Waals surface area contributed by atoms with E-state index in [2.05, 4.69) is 36.3 Å². The van der Waals surface area contributed by atoms with Gasteiger partial charge in [-0.1, -0.05) is 0 Å². The molecule has 8 N–H and O–H groups in total. The predicted octanol–water partition coefficient (Wildman–Crippen LogP) is 2.00. The molecular weight excluding hydrogens is 503 g/mol. The zero-order chi connectivity index (χ0) is 27.4. The first-order chi connectivity index (χ1) is 18.9. The number of carbonyl (C=O) groups is 2. The molecule has 2 fully saturated rings. The molecule has 3 aromatic rings. The minimum Gasteiger partial charge on any atom is -0.379 e. The number of anilines is 3. The van der Waals surface area contributed by atoms with Gasteiger partial charge in [0.15, 0.2) is 17.2 Å². The summed E-state index contributed by atoms with van der Waals surface area (Å²) in [4.78, 5) is 33.5. The first-order valence-electron chi connectivity index (χ1n) is 13.5. The van der Waals surface area contributed by atoms with Gasteiger partial charge in [0.25, 0.3) is 5.91 Å². The van der Waals surface area contributed by atoms with Gasteiger partial charge in [-0.15, -0.1) is 5.10 Å². The highest BCUT2D eigenvalue weighted by Crippen LogP contribution is 2.30. The number of aromatic nitrogens is 4. The van der Waals surface area contributed by atoms with Gasteiger partial charge in [0.2, 0.25) is 5.91 Å². The standard InChI is InChI=1S/C26H35FN10O2/c27-18-13-30-11-9-20(18)35-26(39)22-14-31-24-21(32-15-3-4-15)12-23(36-37(22)24)33-16-5-7-17(8-6-16)34-25(38)19(29)2-1-10-28/h9,11-17,19,32H,1-8,10,28-29H2,(H,33,36)(H,34,38)(H,30,35,39)/t16?,17?,19-/m1/s1. The second-order valence-electron chi connectivity index (χ2n) is 10.3. The largest absolute Gasteiger partial charge is 0.379 e. The van der Waals surface area contributed by atoms with Crippen molar-refractivity contribution in [2.75, 3.05) is 22.5 Å². The molecule has 2 saturated carbocycles. The maximum atomic E-state index is 14.1. The number of halogens is 1. The molecule has 5 rings (SSSR count). The molecule has 2 amide bonds. The van der Waals surface area contributed by atoms with E-state index in [1.807, 2.05) is 6.07 Å². The van der Waals surface area contributed by atoms with Gasteiger partial charge in [-0.2, -0.15) is 0 Å². The molecule has 208 valence electrons. The van der Waals surface area contributed by atoms with E-state index in [-0.39, 0.29) is 29.4 Å². The second kappa shape index (κ2) is 11.9. The van der Waals surface area contributed by atoms with E-state index in [4.69, 9.17) is 11.5 Å². The fourth-order valence-electron chi connectivity index (χ4n) is 4.78. The minimum absolute atomic E-state index is 0.0275. The van der Waals surface area contributed by atoms with Crippen molar-refractivity contribution in [3.63, 3.8) is 0 Å². The average Bonchev–Trinajstić information content (AvgIpc) is 3.64. The van der Waals surface area contributed by atoms with Gasteiger partial charge < -0.3 is 32.7 Å². The van der Waals surface area contributed by atoms with Crippen LogP contribution in [-0.2, 0) is 4.79 Å². The minimum atomic E-state index is -0.629. The first kappa shape index (κ1) is 26.8. The molecule has 0 aliphatic heterocycles. The van der Waals surface area contributed by atoms with Gasteiger partial charge in [-0.05, 0) is 64.0 Å². The summed E-state index contributed by atoms with van der Waals surface area (Å²) in [5.74, 6) is -0.685. The average molecular weight is 539 g/mol. The van der Waals surface area contributed by atoms with E-state index in [1.54, 1.807) is 0 Å². The molecule has 13 heteroatoms. The van der Waals surface area contributed by atoms with E-state index in [0.29, 0.717) is 30.5 Å². The van der Waals surface area contributed by atoms with E-state index < -0.39 is 17.8 Å². The molecule has 0 aromatic carbocycles. The maximum Gasteiger partial charge on any atom is 0.276 e. The Morgan fingerprint density at radius 3 is 2.49 bits per heavy atom. The molecule has 3 aromatic heterocycles. The van der Waals surface area contributed by atoms with E-state index in [9.17, 15) is 14.0 Å². The van der Waals surface area contributed by atoms with Crippen LogP contribution in [0.2, 0.25) is 0 Å². The van der Waals surface area contributed by atoms with Gasteiger partial charge in [-0.3, -0.25) is 14.6 Å². The first-order valence-corrected chi connectivity index (χ1v) is 13.5. The number of hydrogen-bond donors (Lipinski definition) is 6. The Hall–Kier alpha value is -3.84. The van der Waals surface area contributed by atoms with Crippen molar-refractivity contribution in [2.24, 2.45) is 11.5 Å². The highest BCUT2D eigenvalue weighted by Gasteiger charge is 2.27. The molecule has 2 aliphatic rings. The number of amides is 2. The third kappa shape index (κ3) is 6.60. The summed E-state index contributed by atoms with van der Waals surface area (Å²) in [6, 6.07) is 3.36. The summed E-state index contributed by atoms with van der Waals surface area (Å²) in [7, 11) is 0. The SMILES string of the molecule is NCCC[C@@H](N)C(=O)NC1CCC(Nc2cc(NC3CC3)c3ncc(C(=O)Nc4ccncc4F)n3n2)CC1. The molecule has 1 atom stereocenters. The zero-order valence-corrected chi connectivity index (χ0v) is 21.7. The maximum absolute atomic E-state index is 14.1. The number of carbonyl (C=O) groups excluding carboxylic acids is 2. The summed E-state index contributed by atoms with van der Waals surface area (Å²) in [6.07, 6.45) is 10.6. The number of hydrogen-bond acceptors (Lipinski definition) is 9. The smallest absolute Gasteiger partial charge is 0.276 e. The van der Waals surface area contributed by atoms with Crippen molar-refractivity contribution in [3.8, 4) is 0 Å². The van der Waals surface area contributed by atoms with E-state index >= 15 is 0 Å². The van der Waals surface area contributed by atoms with E-state index in [0.717, 1.165) is 56.8 Å². The summed E-state index contributed by atoms with van der Waals surface area (Å²) >= 11 is 0. The van der Waals surface area contributed by atoms with Crippen LogP contribution in [-0.4, -0.2) is 62.1 Å². The molecule has 0 radical (unpaired) electrons. The zero-order valence-electron chi connectivity index (χ0n) is 21.7. The summed E-state index contributed by atoms with van der Waals surface area (Å²) in [6.45, 7) is 0.518. The van der Waals surface area contributed by atoms with Crippen LogP contribution in [0.1, 0.15) is 61.9 Å². The Kier molecular flexibility index (Phi) is 8.17. The summed E-state index contributed by atoms with van der Waals surface area (Å²) in [5, 5.41) is 17.3. The van der Waals surface area contributed by atoms with Crippen LogP contribution in [0.25, 0.3) is 5.65 Å². The number of nitrogens with two attached hydrogens (primary N) is 2. The van der Waals surface area contributed by atoms with Crippen molar-refractivity contribution in [1.82, 2.24) is 24.9 Å². The molecule has 2 aliphatic carbocycles. The topological polar surface area (TPSA) is 177 Å². The summed E-state index contributed by atoms with van der Waals surface area (Å²) < 4.78 is 15.5. The normalized spacial score (nSPS) is 19.9. The lowest BCUT2D eigenvalue weighted by Crippen LogP contribution is -2.47. The molecule has 0 bridgehead atoms. The van der Waals surface area contributed by atoms with Crippen molar-refractivity contribution in [2.45, 2.75) is 75.5 Å². The molecule has 0 spiro atoms. The van der Waals surface area contributed by atoms with Crippen LogP contribution < -0.4 is 32.7 Å². The van der Waals surface area contributed by atoms with Crippen molar-refractivity contribution < 1.29 is 14.0 Å². The Balaban J connectivity index is 1.27. The van der Waals surface area contributed by atoms with Crippen LogP contribution >= 0.6 is 0 Å². The third-order valence-corrected chi connectivity index (χ3v) is 7.14. The number of pyridine rings is 1. The number of rotatable bonds is 11.